The fourth-order valence-corrected chi connectivity index (χ4v) is 3.74. The van der Waals surface area contributed by atoms with Gasteiger partial charge in [0.2, 0.25) is 0 Å². The lowest BCUT2D eigenvalue weighted by atomic mass is 9.82. The molecule has 1 unspecified atom stereocenters. The number of carbonyl (C=O) groups excluding carboxylic acids is 1. The van der Waals surface area contributed by atoms with Crippen LogP contribution in [0.15, 0.2) is 22.7 Å². The van der Waals surface area contributed by atoms with Gasteiger partial charge in [-0.25, -0.2) is 0 Å². The van der Waals surface area contributed by atoms with Gasteiger partial charge in [0.15, 0.2) is 0 Å². The minimum atomic E-state index is -1.33. The summed E-state index contributed by atoms with van der Waals surface area (Å²) in [5.41, 5.74) is 0.0643. The van der Waals surface area contributed by atoms with E-state index in [0.717, 1.165) is 10.0 Å². The van der Waals surface area contributed by atoms with E-state index >= 15 is 0 Å². The molecule has 0 amide bonds. The molecule has 0 saturated heterocycles. The topological polar surface area (TPSA) is 70.6 Å². The lowest BCUT2D eigenvalue weighted by Crippen LogP contribution is -2.54. The molecule has 2 rings (SSSR count). The number of hydrogen-bond donors (Lipinski definition) is 1. The maximum Gasteiger partial charge on any atom is 0.307 e. The lowest BCUT2D eigenvalue weighted by molar-refractivity contribution is -0.142. The molecule has 1 aromatic rings. The minimum Gasteiger partial charge on any atom is -0.598 e. The van der Waals surface area contributed by atoms with Crippen molar-refractivity contribution in [1.29, 1.82) is 0 Å². The maximum atomic E-state index is 12.7. The minimum absolute atomic E-state index is 0.101. The van der Waals surface area contributed by atoms with Gasteiger partial charge in [-0.05, 0) is 32.9 Å². The van der Waals surface area contributed by atoms with E-state index in [2.05, 4.69) is 20.7 Å². The van der Waals surface area contributed by atoms with Crippen LogP contribution in [0.25, 0.3) is 0 Å². The van der Waals surface area contributed by atoms with Gasteiger partial charge in [0.05, 0.1) is 20.1 Å². The summed E-state index contributed by atoms with van der Waals surface area (Å²) in [6, 6.07) is 5.65. The third-order valence-corrected chi connectivity index (χ3v) is 5.95. The van der Waals surface area contributed by atoms with Crippen LogP contribution in [0.1, 0.15) is 39.2 Å². The van der Waals surface area contributed by atoms with Crippen molar-refractivity contribution in [3.05, 3.63) is 28.2 Å². The summed E-state index contributed by atoms with van der Waals surface area (Å²) in [6.07, 6.45) is 0.641. The van der Waals surface area contributed by atoms with Gasteiger partial charge in [0.25, 0.3) is 0 Å². The van der Waals surface area contributed by atoms with Crippen LogP contribution >= 0.6 is 15.9 Å². The Bertz CT molecular complexity index is 590. The number of fused-ring (bicyclic) bond motifs is 1. The number of rotatable bonds is 4. The molecule has 0 aliphatic carbocycles. The van der Waals surface area contributed by atoms with Gasteiger partial charge >= 0.3 is 5.97 Å². The first kappa shape index (κ1) is 18.6. The Hall–Kier alpha value is -0.760. The Labute approximate surface area is 148 Å². The summed E-state index contributed by atoms with van der Waals surface area (Å²) in [6.45, 7) is 6.12. The number of methoxy groups -OCH3 is 1. The summed E-state index contributed by atoms with van der Waals surface area (Å²) >= 11 is 2.09. The van der Waals surface area contributed by atoms with E-state index in [1.807, 2.05) is 39.0 Å². The van der Waals surface area contributed by atoms with Crippen molar-refractivity contribution in [2.24, 2.45) is 0 Å². The number of benzene rings is 1. The largest absolute Gasteiger partial charge is 0.598 e. The third-order valence-electron chi connectivity index (χ3n) is 3.76. The summed E-state index contributed by atoms with van der Waals surface area (Å²) in [7, 11) is 1.36. The summed E-state index contributed by atoms with van der Waals surface area (Å²) in [4.78, 5) is 12.0. The first-order chi connectivity index (χ1) is 10.7. The smallest absolute Gasteiger partial charge is 0.307 e. The van der Waals surface area contributed by atoms with Gasteiger partial charge in [-0.2, -0.15) is 0 Å². The lowest BCUT2D eigenvalue weighted by Gasteiger charge is -2.40. The van der Waals surface area contributed by atoms with E-state index in [9.17, 15) is 9.35 Å². The summed E-state index contributed by atoms with van der Waals surface area (Å²) in [5, 5.41) is 0. The summed E-state index contributed by atoms with van der Waals surface area (Å²) < 4.78 is 26.9. The molecule has 1 heterocycles. The highest BCUT2D eigenvalue weighted by Gasteiger charge is 2.46. The number of halogens is 1. The fourth-order valence-electron chi connectivity index (χ4n) is 2.46. The zero-order valence-electron chi connectivity index (χ0n) is 13.8. The van der Waals surface area contributed by atoms with Gasteiger partial charge in [-0.15, -0.1) is 4.72 Å². The molecule has 1 aliphatic rings. The first-order valence-electron chi connectivity index (χ1n) is 7.37. The summed E-state index contributed by atoms with van der Waals surface area (Å²) in [5.74, 6) is 0.340. The van der Waals surface area contributed by atoms with Gasteiger partial charge in [0, 0.05) is 27.8 Å². The Morgan fingerprint density at radius 1 is 1.52 bits per heavy atom. The number of hydrogen-bond acceptors (Lipinski definition) is 5. The monoisotopic (exact) mass is 403 g/mol. The van der Waals surface area contributed by atoms with Crippen LogP contribution < -0.4 is 9.46 Å². The molecule has 2 atom stereocenters. The van der Waals surface area contributed by atoms with Gasteiger partial charge in [-0.3, -0.25) is 4.79 Å². The second-order valence-electron chi connectivity index (χ2n) is 6.56. The third kappa shape index (κ3) is 4.21. The van der Waals surface area contributed by atoms with Crippen molar-refractivity contribution in [1.82, 2.24) is 4.72 Å². The molecular formula is C16H22BrNO4S. The SMILES string of the molecule is COC(=O)C[C@]1(N[S+]([O-])C(C)(C)C)CCOc2cc(Br)ccc21. The molecule has 1 aliphatic heterocycles. The Balaban J connectivity index is 2.45. The van der Waals surface area contributed by atoms with Crippen molar-refractivity contribution >= 4 is 33.3 Å². The van der Waals surface area contributed by atoms with E-state index in [-0.39, 0.29) is 12.4 Å². The molecule has 128 valence electrons. The highest BCUT2D eigenvalue weighted by atomic mass is 79.9. The van der Waals surface area contributed by atoms with E-state index in [1.165, 1.54) is 7.11 Å². The van der Waals surface area contributed by atoms with E-state index in [1.54, 1.807) is 0 Å². The molecule has 0 aromatic heterocycles. The second kappa shape index (κ2) is 7.01. The predicted octanol–water partition coefficient (Wildman–Crippen LogP) is 3.04. The maximum absolute atomic E-state index is 12.7. The van der Waals surface area contributed by atoms with Crippen LogP contribution in [-0.2, 0) is 26.4 Å². The standard InChI is InChI=1S/C16H22BrNO4S/c1-15(2,3)23(20)18-16(10-14(19)21-4)7-8-22-13-9-11(17)5-6-12(13)16/h5-6,9,18H,7-8,10H2,1-4H3/t16-,23?/m1/s1. The van der Waals surface area contributed by atoms with Gasteiger partial charge in [-0.1, -0.05) is 22.0 Å². The molecule has 1 aromatic carbocycles. The molecule has 0 radical (unpaired) electrons. The zero-order valence-corrected chi connectivity index (χ0v) is 16.2. The molecule has 0 fully saturated rings. The number of esters is 1. The average molecular weight is 404 g/mol. The number of carbonyl (C=O) groups is 1. The van der Waals surface area contributed by atoms with Crippen LogP contribution in [0, 0.1) is 0 Å². The van der Waals surface area contributed by atoms with Gasteiger partial charge in [0.1, 0.15) is 16.0 Å². The normalized spacial score (nSPS) is 22.0. The Morgan fingerprint density at radius 3 is 2.83 bits per heavy atom. The van der Waals surface area contributed by atoms with Crippen molar-refractivity contribution in [3.8, 4) is 5.75 Å². The van der Waals surface area contributed by atoms with Crippen LogP contribution in [0.5, 0.6) is 5.75 Å². The van der Waals surface area contributed by atoms with Crippen molar-refractivity contribution in [2.75, 3.05) is 13.7 Å². The Morgan fingerprint density at radius 2 is 2.22 bits per heavy atom. The van der Waals surface area contributed by atoms with Crippen LogP contribution in [0.3, 0.4) is 0 Å². The first-order valence-corrected chi connectivity index (χ1v) is 9.31. The van der Waals surface area contributed by atoms with Crippen molar-refractivity contribution < 1.29 is 18.8 Å². The number of nitrogens with one attached hydrogen (secondary N) is 1. The molecule has 0 spiro atoms. The predicted molar refractivity (Wildman–Crippen MR) is 93.6 cm³/mol. The van der Waals surface area contributed by atoms with Crippen LogP contribution in [0.2, 0.25) is 0 Å². The fraction of sp³-hybridized carbons (Fsp3) is 0.562. The average Bonchev–Trinajstić information content (AvgIpc) is 2.46. The molecule has 0 bridgehead atoms. The van der Waals surface area contributed by atoms with Crippen molar-refractivity contribution in [3.63, 3.8) is 0 Å². The van der Waals surface area contributed by atoms with Gasteiger partial charge < -0.3 is 14.0 Å². The molecule has 0 saturated carbocycles. The highest BCUT2D eigenvalue weighted by Crippen LogP contribution is 2.42. The Kier molecular flexibility index (Phi) is 5.66. The molecule has 5 nitrogen and oxygen atoms in total. The quantitative estimate of drug-likeness (QED) is 0.617. The molecule has 1 N–H and O–H groups in total. The van der Waals surface area contributed by atoms with E-state index in [4.69, 9.17) is 9.47 Å². The number of ether oxygens (including phenoxy) is 2. The molecule has 23 heavy (non-hydrogen) atoms. The van der Waals surface area contributed by atoms with E-state index < -0.39 is 21.6 Å². The van der Waals surface area contributed by atoms with Crippen LogP contribution in [0.4, 0.5) is 0 Å². The van der Waals surface area contributed by atoms with Crippen LogP contribution in [-0.4, -0.2) is 29.0 Å². The van der Waals surface area contributed by atoms with Crippen molar-refractivity contribution in [2.45, 2.75) is 43.9 Å². The molecule has 7 heteroatoms. The highest BCUT2D eigenvalue weighted by molar-refractivity contribution is 9.10. The van der Waals surface area contributed by atoms with E-state index in [0.29, 0.717) is 18.8 Å². The zero-order chi connectivity index (χ0) is 17.3. The second-order valence-corrected chi connectivity index (χ2v) is 9.44. The molecular weight excluding hydrogens is 382 g/mol.